The molecule has 25 heavy (non-hydrogen) atoms. The maximum atomic E-state index is 6.31. The number of piperidine rings is 1. The first-order valence-electron chi connectivity index (χ1n) is 9.25. The Morgan fingerprint density at radius 3 is 2.88 bits per heavy atom. The molecule has 3 heterocycles. The van der Waals surface area contributed by atoms with Crippen LogP contribution in [0.4, 0.5) is 0 Å². The summed E-state index contributed by atoms with van der Waals surface area (Å²) in [5.41, 5.74) is 1.14. The third-order valence-electron chi connectivity index (χ3n) is 5.26. The molecule has 1 saturated heterocycles. The van der Waals surface area contributed by atoms with Gasteiger partial charge in [-0.2, -0.15) is 0 Å². The van der Waals surface area contributed by atoms with E-state index in [-0.39, 0.29) is 0 Å². The van der Waals surface area contributed by atoms with Crippen LogP contribution in [0.15, 0.2) is 36.7 Å². The maximum Gasteiger partial charge on any atom is 0.129 e. The zero-order valence-electron chi connectivity index (χ0n) is 14.3. The summed E-state index contributed by atoms with van der Waals surface area (Å²) in [5.74, 6) is 1.78. The summed E-state index contributed by atoms with van der Waals surface area (Å²) in [6, 6.07) is 8.33. The Morgan fingerprint density at radius 1 is 1.16 bits per heavy atom. The van der Waals surface area contributed by atoms with Crippen molar-refractivity contribution in [2.45, 2.75) is 44.2 Å². The van der Waals surface area contributed by atoms with E-state index in [2.05, 4.69) is 45.3 Å². The molecule has 2 aliphatic rings. The van der Waals surface area contributed by atoms with Crippen LogP contribution in [0.2, 0.25) is 0 Å². The first kappa shape index (κ1) is 15.4. The number of aromatic nitrogens is 2. The Kier molecular flexibility index (Phi) is 3.98. The van der Waals surface area contributed by atoms with Gasteiger partial charge in [0, 0.05) is 53.7 Å². The minimum Gasteiger partial charge on any atom is -0.490 e. The SMILES string of the molecule is c1cc(OC2CCN(Cc3cnc(C4CC4)s3)CC2)c2cc[nH]c2c1. The molecule has 0 amide bonds. The number of rotatable bonds is 5. The molecule has 2 fully saturated rings. The van der Waals surface area contributed by atoms with Gasteiger partial charge in [0.2, 0.25) is 0 Å². The van der Waals surface area contributed by atoms with Crippen LogP contribution in [-0.4, -0.2) is 34.1 Å². The van der Waals surface area contributed by atoms with Crippen LogP contribution in [0.5, 0.6) is 5.75 Å². The van der Waals surface area contributed by atoms with Gasteiger partial charge in [0.15, 0.2) is 0 Å². The second kappa shape index (κ2) is 6.46. The number of nitrogens with one attached hydrogen (secondary N) is 1. The molecule has 0 bridgehead atoms. The van der Waals surface area contributed by atoms with Crippen molar-refractivity contribution < 1.29 is 4.74 Å². The Bertz CT molecular complexity index is 859. The topological polar surface area (TPSA) is 41.1 Å². The van der Waals surface area contributed by atoms with Gasteiger partial charge in [-0.25, -0.2) is 4.98 Å². The number of fused-ring (bicyclic) bond motifs is 1. The quantitative estimate of drug-likeness (QED) is 0.732. The lowest BCUT2D eigenvalue weighted by atomic mass is 10.1. The molecule has 130 valence electrons. The first-order valence-corrected chi connectivity index (χ1v) is 10.1. The molecule has 1 aromatic carbocycles. The lowest BCUT2D eigenvalue weighted by Gasteiger charge is -2.31. The van der Waals surface area contributed by atoms with E-state index in [9.17, 15) is 0 Å². The summed E-state index contributed by atoms with van der Waals surface area (Å²) in [4.78, 5) is 11.8. The Hall–Kier alpha value is -1.85. The van der Waals surface area contributed by atoms with Crippen molar-refractivity contribution in [2.24, 2.45) is 0 Å². The van der Waals surface area contributed by atoms with Crippen molar-refractivity contribution in [2.75, 3.05) is 13.1 Å². The minimum atomic E-state index is 0.320. The van der Waals surface area contributed by atoms with Crippen molar-refractivity contribution in [3.8, 4) is 5.75 Å². The fraction of sp³-hybridized carbons (Fsp3) is 0.450. The first-order chi connectivity index (χ1) is 12.3. The summed E-state index contributed by atoms with van der Waals surface area (Å²) in [7, 11) is 0. The molecule has 3 aromatic rings. The molecular formula is C20H23N3OS. The zero-order valence-corrected chi connectivity index (χ0v) is 15.1. The van der Waals surface area contributed by atoms with E-state index in [4.69, 9.17) is 4.74 Å². The third-order valence-corrected chi connectivity index (χ3v) is 6.41. The molecule has 0 spiro atoms. The van der Waals surface area contributed by atoms with Crippen molar-refractivity contribution >= 4 is 22.2 Å². The van der Waals surface area contributed by atoms with E-state index in [1.807, 2.05) is 17.5 Å². The fourth-order valence-electron chi connectivity index (χ4n) is 3.66. The van der Waals surface area contributed by atoms with Crippen molar-refractivity contribution in [3.05, 3.63) is 46.5 Å². The minimum absolute atomic E-state index is 0.320. The van der Waals surface area contributed by atoms with Crippen molar-refractivity contribution in [1.82, 2.24) is 14.9 Å². The van der Waals surface area contributed by atoms with Crippen LogP contribution in [0.3, 0.4) is 0 Å². The third kappa shape index (κ3) is 3.31. The summed E-state index contributed by atoms with van der Waals surface area (Å²) in [5, 5.41) is 2.54. The van der Waals surface area contributed by atoms with Gasteiger partial charge in [-0.15, -0.1) is 11.3 Å². The molecular weight excluding hydrogens is 330 g/mol. The highest BCUT2D eigenvalue weighted by Crippen LogP contribution is 2.42. The highest BCUT2D eigenvalue weighted by Gasteiger charge is 2.27. The molecule has 2 aromatic heterocycles. The van der Waals surface area contributed by atoms with Gasteiger partial charge >= 0.3 is 0 Å². The molecule has 5 rings (SSSR count). The summed E-state index contributed by atoms with van der Waals surface area (Å²) < 4.78 is 6.31. The Morgan fingerprint density at radius 2 is 2.04 bits per heavy atom. The Balaban J connectivity index is 1.17. The second-order valence-electron chi connectivity index (χ2n) is 7.23. The predicted molar refractivity (Wildman–Crippen MR) is 101 cm³/mol. The number of nitrogens with zero attached hydrogens (tertiary/aromatic N) is 2. The van der Waals surface area contributed by atoms with E-state index in [1.165, 1.54) is 28.1 Å². The van der Waals surface area contributed by atoms with E-state index in [0.29, 0.717) is 6.10 Å². The number of aromatic amines is 1. The smallest absolute Gasteiger partial charge is 0.129 e. The fourth-order valence-corrected chi connectivity index (χ4v) is 4.79. The summed E-state index contributed by atoms with van der Waals surface area (Å²) >= 11 is 1.92. The number of ether oxygens (including phenoxy) is 1. The number of benzene rings is 1. The molecule has 0 unspecified atom stereocenters. The molecule has 1 saturated carbocycles. The van der Waals surface area contributed by atoms with Crippen LogP contribution in [0.25, 0.3) is 10.9 Å². The molecule has 1 N–H and O–H groups in total. The van der Waals surface area contributed by atoms with Crippen molar-refractivity contribution in [3.63, 3.8) is 0 Å². The van der Waals surface area contributed by atoms with Gasteiger partial charge < -0.3 is 9.72 Å². The van der Waals surface area contributed by atoms with Gasteiger partial charge in [0.25, 0.3) is 0 Å². The zero-order chi connectivity index (χ0) is 16.6. The molecule has 0 radical (unpaired) electrons. The van der Waals surface area contributed by atoms with E-state index >= 15 is 0 Å². The average Bonchev–Trinajstić information content (AvgIpc) is 3.18. The van der Waals surface area contributed by atoms with Crippen LogP contribution >= 0.6 is 11.3 Å². The maximum absolute atomic E-state index is 6.31. The number of H-pyrrole nitrogens is 1. The van der Waals surface area contributed by atoms with E-state index in [1.54, 1.807) is 0 Å². The van der Waals surface area contributed by atoms with Gasteiger partial charge in [-0.05, 0) is 43.9 Å². The average molecular weight is 353 g/mol. The molecule has 0 atom stereocenters. The van der Waals surface area contributed by atoms with Crippen LogP contribution < -0.4 is 4.74 Å². The van der Waals surface area contributed by atoms with Gasteiger partial charge in [0.05, 0.1) is 5.01 Å². The van der Waals surface area contributed by atoms with Crippen LogP contribution in [0.1, 0.15) is 41.5 Å². The van der Waals surface area contributed by atoms with Crippen LogP contribution in [0, 0.1) is 0 Å². The van der Waals surface area contributed by atoms with E-state index < -0.39 is 0 Å². The largest absolute Gasteiger partial charge is 0.490 e. The van der Waals surface area contributed by atoms with Gasteiger partial charge in [-0.1, -0.05) is 6.07 Å². The molecule has 1 aliphatic heterocycles. The predicted octanol–water partition coefficient (Wildman–Crippen LogP) is 4.55. The standard InChI is InChI=1S/C20H23N3OS/c1-2-18-17(6-9-21-18)19(3-1)24-15-7-10-23(11-8-15)13-16-12-22-20(25-16)14-4-5-14/h1-3,6,9,12,14-15,21H,4-5,7-8,10-11,13H2. The Labute approximate surface area is 151 Å². The van der Waals surface area contributed by atoms with E-state index in [0.717, 1.165) is 49.7 Å². The van der Waals surface area contributed by atoms with Gasteiger partial charge in [0.1, 0.15) is 11.9 Å². The highest BCUT2D eigenvalue weighted by molar-refractivity contribution is 7.11. The lowest BCUT2D eigenvalue weighted by Crippen LogP contribution is -2.37. The second-order valence-corrected chi connectivity index (χ2v) is 8.37. The molecule has 4 nitrogen and oxygen atoms in total. The summed E-state index contributed by atoms with van der Waals surface area (Å²) in [6.07, 6.45) is 9.25. The highest BCUT2D eigenvalue weighted by atomic mass is 32.1. The monoisotopic (exact) mass is 353 g/mol. The number of likely N-dealkylation sites (tertiary alicyclic amines) is 1. The number of thiazole rings is 1. The number of hydrogen-bond acceptors (Lipinski definition) is 4. The number of hydrogen-bond donors (Lipinski definition) is 1. The lowest BCUT2D eigenvalue weighted by molar-refractivity contribution is 0.0985. The molecule has 5 heteroatoms. The normalized spacial score (nSPS) is 19.5. The van der Waals surface area contributed by atoms with Gasteiger partial charge in [-0.3, -0.25) is 4.90 Å². The molecule has 1 aliphatic carbocycles. The van der Waals surface area contributed by atoms with Crippen molar-refractivity contribution in [1.29, 1.82) is 0 Å². The summed E-state index contributed by atoms with van der Waals surface area (Å²) in [6.45, 7) is 3.25. The van der Waals surface area contributed by atoms with Crippen LogP contribution in [-0.2, 0) is 6.54 Å².